The molecule has 3 rings (SSSR count). The van der Waals surface area contributed by atoms with Crippen LogP contribution in [0.2, 0.25) is 0 Å². The number of hydrogen-bond donors (Lipinski definition) is 1. The Morgan fingerprint density at radius 2 is 2.18 bits per heavy atom. The maximum Gasteiger partial charge on any atom is 0.227 e. The van der Waals surface area contributed by atoms with Crippen molar-refractivity contribution in [1.29, 1.82) is 0 Å². The van der Waals surface area contributed by atoms with Crippen molar-refractivity contribution in [2.75, 3.05) is 13.2 Å². The number of nitrogens with zero attached hydrogens (tertiary/aromatic N) is 2. The molecular formula is C17H20N2O3. The molecule has 0 fully saturated rings. The second kappa shape index (κ2) is 5.93. The maximum atomic E-state index is 12.7. The summed E-state index contributed by atoms with van der Waals surface area (Å²) in [6, 6.07) is 7.73. The summed E-state index contributed by atoms with van der Waals surface area (Å²) in [4.78, 5) is 14.5. The Hall–Kier alpha value is -2.14. The topological polar surface area (TPSA) is 66.6 Å². The molecule has 1 aromatic heterocycles. The van der Waals surface area contributed by atoms with E-state index < -0.39 is 0 Å². The van der Waals surface area contributed by atoms with Gasteiger partial charge in [-0.3, -0.25) is 4.79 Å². The van der Waals surface area contributed by atoms with E-state index in [-0.39, 0.29) is 25.0 Å². The average molecular weight is 300 g/mol. The van der Waals surface area contributed by atoms with Crippen LogP contribution >= 0.6 is 0 Å². The van der Waals surface area contributed by atoms with Gasteiger partial charge >= 0.3 is 0 Å². The lowest BCUT2D eigenvalue weighted by atomic mass is 9.92. The van der Waals surface area contributed by atoms with Gasteiger partial charge in [0.1, 0.15) is 5.76 Å². The van der Waals surface area contributed by atoms with Crippen LogP contribution in [0, 0.1) is 13.8 Å². The summed E-state index contributed by atoms with van der Waals surface area (Å²) in [6.45, 7) is 4.22. The number of aliphatic hydroxyl groups is 1. The lowest BCUT2D eigenvalue weighted by molar-refractivity contribution is -0.134. The molecule has 2 heterocycles. The van der Waals surface area contributed by atoms with Gasteiger partial charge < -0.3 is 14.5 Å². The molecule has 5 nitrogen and oxygen atoms in total. The minimum absolute atomic E-state index is 0.00273. The molecule has 1 aromatic carbocycles. The Balaban J connectivity index is 1.84. The predicted octanol–water partition coefficient (Wildman–Crippen LogP) is 1.95. The number of aryl methyl sites for hydroxylation is 2. The van der Waals surface area contributed by atoms with Crippen LogP contribution in [-0.4, -0.2) is 34.2 Å². The second-order valence-electron chi connectivity index (χ2n) is 5.71. The molecular weight excluding hydrogens is 280 g/mol. The molecule has 0 saturated carbocycles. The fourth-order valence-electron chi connectivity index (χ4n) is 3.15. The first kappa shape index (κ1) is 14.8. The van der Waals surface area contributed by atoms with Crippen LogP contribution in [0.1, 0.15) is 34.2 Å². The molecule has 1 N–H and O–H groups in total. The van der Waals surface area contributed by atoms with Crippen LogP contribution in [-0.2, 0) is 17.6 Å². The van der Waals surface area contributed by atoms with Crippen molar-refractivity contribution in [1.82, 2.24) is 10.1 Å². The average Bonchev–Trinajstić information content (AvgIpc) is 2.85. The van der Waals surface area contributed by atoms with E-state index in [0.29, 0.717) is 12.3 Å². The summed E-state index contributed by atoms with van der Waals surface area (Å²) in [5.41, 5.74) is 3.86. The van der Waals surface area contributed by atoms with E-state index in [1.807, 2.05) is 32.0 Å². The molecule has 116 valence electrons. The van der Waals surface area contributed by atoms with Crippen LogP contribution in [0.25, 0.3) is 0 Å². The normalized spacial score (nSPS) is 17.4. The summed E-state index contributed by atoms with van der Waals surface area (Å²) in [7, 11) is 0. The van der Waals surface area contributed by atoms with Gasteiger partial charge in [0.25, 0.3) is 0 Å². The van der Waals surface area contributed by atoms with E-state index in [0.717, 1.165) is 23.2 Å². The zero-order valence-corrected chi connectivity index (χ0v) is 12.9. The third-order valence-corrected chi connectivity index (χ3v) is 4.41. The third kappa shape index (κ3) is 2.52. The van der Waals surface area contributed by atoms with Crippen molar-refractivity contribution in [3.63, 3.8) is 0 Å². The van der Waals surface area contributed by atoms with Crippen molar-refractivity contribution in [2.24, 2.45) is 0 Å². The molecule has 1 aliphatic heterocycles. The number of hydrogen-bond acceptors (Lipinski definition) is 4. The minimum atomic E-state index is -0.266. The lowest BCUT2D eigenvalue weighted by Crippen LogP contribution is -2.42. The highest BCUT2D eigenvalue weighted by molar-refractivity contribution is 5.80. The summed E-state index contributed by atoms with van der Waals surface area (Å²) in [6.07, 6.45) is 1.08. The predicted molar refractivity (Wildman–Crippen MR) is 81.4 cm³/mol. The van der Waals surface area contributed by atoms with Gasteiger partial charge in [-0.1, -0.05) is 29.4 Å². The van der Waals surface area contributed by atoms with E-state index in [1.165, 1.54) is 5.56 Å². The molecule has 5 heteroatoms. The molecule has 1 atom stereocenters. The van der Waals surface area contributed by atoms with Crippen LogP contribution in [0.15, 0.2) is 28.8 Å². The summed E-state index contributed by atoms with van der Waals surface area (Å²) in [5, 5.41) is 13.7. The Morgan fingerprint density at radius 1 is 1.41 bits per heavy atom. The zero-order valence-electron chi connectivity index (χ0n) is 12.9. The van der Waals surface area contributed by atoms with Crippen LogP contribution in [0.4, 0.5) is 0 Å². The first-order valence-corrected chi connectivity index (χ1v) is 7.51. The van der Waals surface area contributed by atoms with Gasteiger partial charge in [0.2, 0.25) is 5.91 Å². The molecule has 0 aliphatic carbocycles. The molecule has 0 spiro atoms. The number of aromatic nitrogens is 1. The van der Waals surface area contributed by atoms with E-state index in [2.05, 4.69) is 11.2 Å². The van der Waals surface area contributed by atoms with Gasteiger partial charge in [-0.15, -0.1) is 0 Å². The van der Waals surface area contributed by atoms with Crippen molar-refractivity contribution < 1.29 is 14.4 Å². The summed E-state index contributed by atoms with van der Waals surface area (Å²) < 4.78 is 5.12. The van der Waals surface area contributed by atoms with Crippen molar-refractivity contribution in [3.05, 3.63) is 52.4 Å². The Bertz CT molecular complexity index is 673. The molecule has 0 bridgehead atoms. The molecule has 0 radical (unpaired) electrons. The van der Waals surface area contributed by atoms with Crippen LogP contribution in [0.5, 0.6) is 0 Å². The number of fused-ring (bicyclic) bond motifs is 1. The van der Waals surface area contributed by atoms with Crippen LogP contribution in [0.3, 0.4) is 0 Å². The van der Waals surface area contributed by atoms with Crippen molar-refractivity contribution in [2.45, 2.75) is 32.7 Å². The van der Waals surface area contributed by atoms with E-state index in [9.17, 15) is 9.90 Å². The molecule has 0 unspecified atom stereocenters. The molecule has 0 saturated heterocycles. The van der Waals surface area contributed by atoms with Gasteiger partial charge in [0.15, 0.2) is 0 Å². The van der Waals surface area contributed by atoms with Gasteiger partial charge in [-0.05, 0) is 31.4 Å². The minimum Gasteiger partial charge on any atom is -0.394 e. The quantitative estimate of drug-likeness (QED) is 0.941. The van der Waals surface area contributed by atoms with E-state index >= 15 is 0 Å². The third-order valence-electron chi connectivity index (χ3n) is 4.41. The van der Waals surface area contributed by atoms with Gasteiger partial charge in [0, 0.05) is 12.1 Å². The van der Waals surface area contributed by atoms with Gasteiger partial charge in [-0.25, -0.2) is 0 Å². The highest BCUT2D eigenvalue weighted by Crippen LogP contribution is 2.30. The first-order valence-electron chi connectivity index (χ1n) is 7.51. The van der Waals surface area contributed by atoms with E-state index in [4.69, 9.17) is 4.52 Å². The number of aliphatic hydroxyl groups excluding tert-OH is 1. The van der Waals surface area contributed by atoms with Crippen LogP contribution < -0.4 is 0 Å². The number of rotatable bonds is 3. The molecule has 1 aliphatic rings. The number of carbonyl (C=O) groups is 1. The molecule has 22 heavy (non-hydrogen) atoms. The Morgan fingerprint density at radius 3 is 2.86 bits per heavy atom. The number of amides is 1. The Labute approximate surface area is 129 Å². The fraction of sp³-hybridized carbons (Fsp3) is 0.412. The zero-order chi connectivity index (χ0) is 15.7. The highest BCUT2D eigenvalue weighted by Gasteiger charge is 2.30. The van der Waals surface area contributed by atoms with Gasteiger partial charge in [-0.2, -0.15) is 0 Å². The Kier molecular flexibility index (Phi) is 3.98. The standard InChI is InChI=1S/C17H20N2O3/c1-11-15(12(2)22-18-11)9-17(21)19-8-7-13-5-3-4-6-14(13)16(19)10-20/h3-6,16,20H,7-10H2,1-2H3/t16-/m0/s1. The summed E-state index contributed by atoms with van der Waals surface area (Å²) >= 11 is 0. The number of carbonyl (C=O) groups excluding carboxylic acids is 1. The SMILES string of the molecule is Cc1noc(C)c1CC(=O)N1CCc2ccccc2[C@@H]1CO. The maximum absolute atomic E-state index is 12.7. The van der Waals surface area contributed by atoms with Crippen molar-refractivity contribution in [3.8, 4) is 0 Å². The molecule has 1 amide bonds. The molecule has 2 aromatic rings. The number of benzene rings is 1. The monoisotopic (exact) mass is 300 g/mol. The smallest absolute Gasteiger partial charge is 0.227 e. The van der Waals surface area contributed by atoms with Gasteiger partial charge in [0.05, 0.1) is 24.8 Å². The highest BCUT2D eigenvalue weighted by atomic mass is 16.5. The van der Waals surface area contributed by atoms with Crippen molar-refractivity contribution >= 4 is 5.91 Å². The van der Waals surface area contributed by atoms with E-state index in [1.54, 1.807) is 4.90 Å². The summed E-state index contributed by atoms with van der Waals surface area (Å²) in [5.74, 6) is 0.687. The second-order valence-corrected chi connectivity index (χ2v) is 5.71. The lowest BCUT2D eigenvalue weighted by Gasteiger charge is -2.36. The fourth-order valence-corrected chi connectivity index (χ4v) is 3.15. The first-order chi connectivity index (χ1) is 10.6. The largest absolute Gasteiger partial charge is 0.394 e.